The van der Waals surface area contributed by atoms with Crippen molar-refractivity contribution in [2.75, 3.05) is 5.32 Å². The third kappa shape index (κ3) is 3.22. The first kappa shape index (κ1) is 14.0. The van der Waals surface area contributed by atoms with Crippen LogP contribution in [0.3, 0.4) is 0 Å². The summed E-state index contributed by atoms with van der Waals surface area (Å²) in [5, 5.41) is 9.04. The molecule has 2 aromatic heterocycles. The van der Waals surface area contributed by atoms with Crippen molar-refractivity contribution < 1.29 is 4.79 Å². The molecule has 0 fully saturated rings. The highest BCUT2D eigenvalue weighted by Gasteiger charge is 2.11. The van der Waals surface area contributed by atoms with Crippen molar-refractivity contribution in [3.63, 3.8) is 0 Å². The molecule has 1 amide bonds. The number of hydrogen-bond acceptors (Lipinski definition) is 3. The summed E-state index contributed by atoms with van der Waals surface area (Å²) in [6.07, 6.45) is 1.68. The van der Waals surface area contributed by atoms with Gasteiger partial charge in [-0.05, 0) is 23.1 Å². The Morgan fingerprint density at radius 2 is 2.10 bits per heavy atom. The van der Waals surface area contributed by atoms with Gasteiger partial charge in [-0.25, -0.2) is 4.68 Å². The Morgan fingerprint density at radius 3 is 2.86 bits per heavy atom. The molecule has 0 saturated heterocycles. The van der Waals surface area contributed by atoms with Crippen LogP contribution in [0.25, 0.3) is 0 Å². The Kier molecular flexibility index (Phi) is 4.17. The minimum Gasteiger partial charge on any atom is -0.306 e. The van der Waals surface area contributed by atoms with E-state index in [9.17, 15) is 4.79 Å². The minimum atomic E-state index is -0.112. The van der Waals surface area contributed by atoms with Crippen LogP contribution in [0.15, 0.2) is 58.5 Å². The lowest BCUT2D eigenvalue weighted by atomic mass is 10.2. The number of rotatable bonds is 4. The van der Waals surface area contributed by atoms with Gasteiger partial charge in [-0.1, -0.05) is 40.2 Å². The maximum absolute atomic E-state index is 12.1. The molecule has 0 atom stereocenters. The van der Waals surface area contributed by atoms with E-state index in [2.05, 4.69) is 26.3 Å². The number of amides is 1. The average Bonchev–Trinajstić information content (AvgIpc) is 3.13. The summed E-state index contributed by atoms with van der Waals surface area (Å²) in [6.45, 7) is 0.592. The molecular formula is C15H12BrN3OS. The Labute approximate surface area is 134 Å². The van der Waals surface area contributed by atoms with Crippen LogP contribution in [-0.4, -0.2) is 15.7 Å². The number of nitrogens with zero attached hydrogens (tertiary/aromatic N) is 2. The third-order valence-corrected chi connectivity index (χ3v) is 4.62. The van der Waals surface area contributed by atoms with Gasteiger partial charge in [-0.3, -0.25) is 4.79 Å². The van der Waals surface area contributed by atoms with Crippen LogP contribution in [0.1, 0.15) is 15.2 Å². The first-order chi connectivity index (χ1) is 10.2. The molecule has 1 aromatic carbocycles. The molecule has 106 valence electrons. The van der Waals surface area contributed by atoms with Gasteiger partial charge in [-0.15, -0.1) is 11.3 Å². The molecule has 6 heteroatoms. The number of hydrogen-bond donors (Lipinski definition) is 1. The largest absolute Gasteiger partial charge is 0.306 e. The van der Waals surface area contributed by atoms with Crippen LogP contribution in [-0.2, 0) is 6.54 Å². The summed E-state index contributed by atoms with van der Waals surface area (Å²) in [5.74, 6) is 0.572. The molecule has 0 radical (unpaired) electrons. The van der Waals surface area contributed by atoms with Crippen molar-refractivity contribution in [2.24, 2.45) is 0 Å². The SMILES string of the molecule is O=C(Nc1ccnn1Cc1ccccc1Br)c1cccs1. The number of aromatic nitrogens is 2. The van der Waals surface area contributed by atoms with Gasteiger partial charge in [0.05, 0.1) is 17.6 Å². The van der Waals surface area contributed by atoms with E-state index in [1.165, 1.54) is 11.3 Å². The summed E-state index contributed by atoms with van der Waals surface area (Å²) < 4.78 is 2.79. The van der Waals surface area contributed by atoms with Gasteiger partial charge < -0.3 is 5.32 Å². The highest BCUT2D eigenvalue weighted by atomic mass is 79.9. The van der Waals surface area contributed by atoms with Gasteiger partial charge in [0, 0.05) is 10.5 Å². The number of thiophene rings is 1. The minimum absolute atomic E-state index is 0.112. The van der Waals surface area contributed by atoms with Crippen molar-refractivity contribution >= 4 is 39.0 Å². The van der Waals surface area contributed by atoms with Gasteiger partial charge in [0.25, 0.3) is 5.91 Å². The fourth-order valence-corrected chi connectivity index (χ4v) is 2.97. The molecule has 3 aromatic rings. The molecule has 1 N–H and O–H groups in total. The van der Waals surface area contributed by atoms with Gasteiger partial charge >= 0.3 is 0 Å². The second kappa shape index (κ2) is 6.24. The highest BCUT2D eigenvalue weighted by molar-refractivity contribution is 9.10. The first-order valence-electron chi connectivity index (χ1n) is 6.34. The van der Waals surface area contributed by atoms with Crippen LogP contribution >= 0.6 is 27.3 Å². The molecule has 0 aliphatic carbocycles. The fourth-order valence-electron chi connectivity index (χ4n) is 1.94. The number of carbonyl (C=O) groups is 1. The topological polar surface area (TPSA) is 46.9 Å². The molecular weight excluding hydrogens is 350 g/mol. The zero-order valence-electron chi connectivity index (χ0n) is 11.0. The van der Waals surface area contributed by atoms with Crippen LogP contribution in [0.5, 0.6) is 0 Å². The van der Waals surface area contributed by atoms with Crippen molar-refractivity contribution in [1.82, 2.24) is 9.78 Å². The van der Waals surface area contributed by atoms with E-state index >= 15 is 0 Å². The Hall–Kier alpha value is -1.92. The molecule has 0 saturated carbocycles. The fraction of sp³-hybridized carbons (Fsp3) is 0.0667. The molecule has 2 heterocycles. The zero-order chi connectivity index (χ0) is 14.7. The molecule has 0 spiro atoms. The number of nitrogens with one attached hydrogen (secondary N) is 1. The van der Waals surface area contributed by atoms with E-state index in [1.807, 2.05) is 35.7 Å². The normalized spacial score (nSPS) is 10.5. The molecule has 4 nitrogen and oxygen atoms in total. The third-order valence-electron chi connectivity index (χ3n) is 2.98. The van der Waals surface area contributed by atoms with Crippen molar-refractivity contribution in [2.45, 2.75) is 6.54 Å². The number of halogens is 1. The number of anilines is 1. The molecule has 3 rings (SSSR count). The monoisotopic (exact) mass is 361 g/mol. The second-order valence-electron chi connectivity index (χ2n) is 4.40. The predicted molar refractivity (Wildman–Crippen MR) is 87.7 cm³/mol. The van der Waals surface area contributed by atoms with Gasteiger partial charge in [-0.2, -0.15) is 5.10 Å². The molecule has 0 bridgehead atoms. The predicted octanol–water partition coefficient (Wildman–Crippen LogP) is 4.01. The van der Waals surface area contributed by atoms with Crippen molar-refractivity contribution in [3.8, 4) is 0 Å². The van der Waals surface area contributed by atoms with E-state index in [1.54, 1.807) is 23.0 Å². The molecule has 0 aliphatic heterocycles. The Morgan fingerprint density at radius 1 is 1.24 bits per heavy atom. The van der Waals surface area contributed by atoms with Gasteiger partial charge in [0.15, 0.2) is 0 Å². The van der Waals surface area contributed by atoms with Crippen molar-refractivity contribution in [3.05, 3.63) is 69.0 Å². The van der Waals surface area contributed by atoms with E-state index in [0.29, 0.717) is 17.2 Å². The van der Waals surface area contributed by atoms with E-state index in [0.717, 1.165) is 10.0 Å². The van der Waals surface area contributed by atoms with Crippen LogP contribution in [0.2, 0.25) is 0 Å². The lowest BCUT2D eigenvalue weighted by Gasteiger charge is -2.09. The molecule has 21 heavy (non-hydrogen) atoms. The molecule has 0 unspecified atom stereocenters. The quantitative estimate of drug-likeness (QED) is 0.762. The lowest BCUT2D eigenvalue weighted by Crippen LogP contribution is -2.15. The second-order valence-corrected chi connectivity index (χ2v) is 6.20. The maximum atomic E-state index is 12.1. The number of carbonyl (C=O) groups excluding carboxylic acids is 1. The van der Waals surface area contributed by atoms with Crippen LogP contribution in [0, 0.1) is 0 Å². The maximum Gasteiger partial charge on any atom is 0.266 e. The summed E-state index contributed by atoms with van der Waals surface area (Å²) in [6, 6.07) is 13.4. The summed E-state index contributed by atoms with van der Waals surface area (Å²) in [5.41, 5.74) is 1.10. The van der Waals surface area contributed by atoms with Gasteiger partial charge in [0.2, 0.25) is 0 Å². The average molecular weight is 362 g/mol. The lowest BCUT2D eigenvalue weighted by molar-refractivity contribution is 0.102. The van der Waals surface area contributed by atoms with Crippen LogP contribution < -0.4 is 5.32 Å². The highest BCUT2D eigenvalue weighted by Crippen LogP contribution is 2.19. The van der Waals surface area contributed by atoms with Crippen molar-refractivity contribution in [1.29, 1.82) is 0 Å². The first-order valence-corrected chi connectivity index (χ1v) is 8.01. The smallest absolute Gasteiger partial charge is 0.266 e. The van der Waals surface area contributed by atoms with E-state index < -0.39 is 0 Å². The number of benzene rings is 1. The standard InChI is InChI=1S/C15H12BrN3OS/c16-12-5-2-1-4-11(12)10-19-14(7-8-17-19)18-15(20)13-6-3-9-21-13/h1-9H,10H2,(H,18,20). The summed E-state index contributed by atoms with van der Waals surface area (Å²) in [4.78, 5) is 12.8. The summed E-state index contributed by atoms with van der Waals surface area (Å²) in [7, 11) is 0. The van der Waals surface area contributed by atoms with Gasteiger partial charge in [0.1, 0.15) is 5.82 Å². The molecule has 0 aliphatic rings. The van der Waals surface area contributed by atoms with E-state index in [-0.39, 0.29) is 5.91 Å². The van der Waals surface area contributed by atoms with E-state index in [4.69, 9.17) is 0 Å². The zero-order valence-corrected chi connectivity index (χ0v) is 13.4. The Bertz CT molecular complexity index is 752. The Balaban J connectivity index is 1.78. The summed E-state index contributed by atoms with van der Waals surface area (Å²) >= 11 is 4.94. The van der Waals surface area contributed by atoms with Crippen LogP contribution in [0.4, 0.5) is 5.82 Å².